The third-order valence-corrected chi connectivity index (χ3v) is 5.15. The highest BCUT2D eigenvalue weighted by atomic mass is 35.5. The van der Waals surface area contributed by atoms with E-state index in [-0.39, 0.29) is 10.9 Å². The summed E-state index contributed by atoms with van der Waals surface area (Å²) in [5.74, 6) is -1.23. The number of anilines is 1. The van der Waals surface area contributed by atoms with E-state index >= 15 is 0 Å². The lowest BCUT2D eigenvalue weighted by atomic mass is 10.0. The first-order valence-corrected chi connectivity index (χ1v) is 9.23. The number of hydrogen-bond donors (Lipinski definition) is 1. The largest absolute Gasteiger partial charge is 0.450 e. The summed E-state index contributed by atoms with van der Waals surface area (Å²) in [7, 11) is 0. The molecule has 9 heteroatoms. The fourth-order valence-corrected chi connectivity index (χ4v) is 3.28. The van der Waals surface area contributed by atoms with Crippen molar-refractivity contribution < 1.29 is 23.5 Å². The van der Waals surface area contributed by atoms with Gasteiger partial charge in [0.25, 0.3) is 0 Å². The number of carbonyl (C=O) groups excluding carboxylic acids is 3. The maximum absolute atomic E-state index is 13.2. The van der Waals surface area contributed by atoms with E-state index in [9.17, 15) is 18.8 Å². The highest BCUT2D eigenvalue weighted by Gasteiger charge is 2.58. The van der Waals surface area contributed by atoms with E-state index < -0.39 is 23.2 Å². The van der Waals surface area contributed by atoms with E-state index in [1.807, 2.05) is 0 Å². The topological polar surface area (TPSA) is 79.0 Å². The van der Waals surface area contributed by atoms with Gasteiger partial charge in [0.1, 0.15) is 11.2 Å². The summed E-state index contributed by atoms with van der Waals surface area (Å²) in [4.78, 5) is 40.4. The Morgan fingerprint density at radius 2 is 1.81 bits per heavy atom. The quantitative estimate of drug-likeness (QED) is 0.792. The predicted octanol–water partition coefficient (Wildman–Crippen LogP) is 2.50. The number of nitrogens with one attached hydrogen (secondary N) is 1. The Morgan fingerprint density at radius 3 is 2.37 bits per heavy atom. The van der Waals surface area contributed by atoms with Crippen molar-refractivity contribution in [2.45, 2.75) is 19.8 Å². The van der Waals surface area contributed by atoms with Crippen LogP contribution in [0, 0.1) is 11.2 Å². The normalized spacial score (nSPS) is 18.0. The van der Waals surface area contributed by atoms with Gasteiger partial charge in [-0.2, -0.15) is 0 Å². The van der Waals surface area contributed by atoms with Gasteiger partial charge in [-0.25, -0.2) is 9.18 Å². The molecule has 0 aromatic heterocycles. The van der Waals surface area contributed by atoms with Gasteiger partial charge in [0, 0.05) is 31.9 Å². The van der Waals surface area contributed by atoms with Crippen molar-refractivity contribution in [3.63, 3.8) is 0 Å². The van der Waals surface area contributed by atoms with E-state index in [0.29, 0.717) is 51.3 Å². The van der Waals surface area contributed by atoms with E-state index in [1.54, 1.807) is 16.7 Å². The first-order valence-electron chi connectivity index (χ1n) is 8.85. The minimum absolute atomic E-state index is 0.0981. The SMILES string of the molecule is CCOC(=O)N1CCN(C(=O)C2(C(=O)Nc3ccc(F)c(Cl)c3)CC2)CC1. The molecule has 0 bridgehead atoms. The molecule has 1 N–H and O–H groups in total. The lowest BCUT2D eigenvalue weighted by Crippen LogP contribution is -2.53. The molecule has 1 aromatic rings. The van der Waals surface area contributed by atoms with Crippen LogP contribution in [0.15, 0.2) is 18.2 Å². The van der Waals surface area contributed by atoms with Crippen molar-refractivity contribution in [1.82, 2.24) is 9.80 Å². The van der Waals surface area contributed by atoms with Crippen LogP contribution < -0.4 is 5.32 Å². The van der Waals surface area contributed by atoms with Crippen LogP contribution in [0.2, 0.25) is 5.02 Å². The van der Waals surface area contributed by atoms with Crippen molar-refractivity contribution >= 4 is 35.2 Å². The van der Waals surface area contributed by atoms with Gasteiger partial charge in [0.15, 0.2) is 0 Å². The van der Waals surface area contributed by atoms with Gasteiger partial charge in [-0.3, -0.25) is 9.59 Å². The molecule has 1 saturated carbocycles. The molecule has 27 heavy (non-hydrogen) atoms. The molecule has 0 atom stereocenters. The molecule has 0 spiro atoms. The summed E-state index contributed by atoms with van der Waals surface area (Å²) in [6.07, 6.45) is 0.534. The summed E-state index contributed by atoms with van der Waals surface area (Å²) < 4.78 is 18.2. The molecule has 3 rings (SSSR count). The number of amides is 3. The summed E-state index contributed by atoms with van der Waals surface area (Å²) in [6, 6.07) is 3.87. The van der Waals surface area contributed by atoms with Gasteiger partial charge >= 0.3 is 6.09 Å². The molecule has 2 aliphatic rings. The van der Waals surface area contributed by atoms with E-state index in [0.717, 1.165) is 6.07 Å². The van der Waals surface area contributed by atoms with Crippen molar-refractivity contribution in [3.05, 3.63) is 29.0 Å². The minimum Gasteiger partial charge on any atom is -0.450 e. The molecule has 1 aromatic carbocycles. The van der Waals surface area contributed by atoms with Gasteiger partial charge in [-0.15, -0.1) is 0 Å². The Labute approximate surface area is 161 Å². The van der Waals surface area contributed by atoms with E-state index in [4.69, 9.17) is 16.3 Å². The van der Waals surface area contributed by atoms with Crippen LogP contribution in [0.4, 0.5) is 14.9 Å². The van der Waals surface area contributed by atoms with Crippen molar-refractivity contribution in [2.75, 3.05) is 38.1 Å². The second-order valence-corrected chi connectivity index (χ2v) is 7.05. The third kappa shape index (κ3) is 4.00. The summed E-state index contributed by atoms with van der Waals surface area (Å²) in [5.41, 5.74) is -0.745. The minimum atomic E-state index is -1.09. The molecule has 146 valence electrons. The molecule has 3 amide bonds. The van der Waals surface area contributed by atoms with Crippen molar-refractivity contribution in [1.29, 1.82) is 0 Å². The maximum atomic E-state index is 13.2. The third-order valence-electron chi connectivity index (χ3n) is 4.86. The maximum Gasteiger partial charge on any atom is 0.409 e. The van der Waals surface area contributed by atoms with E-state index in [1.165, 1.54) is 12.1 Å². The smallest absolute Gasteiger partial charge is 0.409 e. The summed E-state index contributed by atoms with van der Waals surface area (Å²) in [6.45, 7) is 3.49. The van der Waals surface area contributed by atoms with Gasteiger partial charge in [0.2, 0.25) is 11.8 Å². The number of halogens is 2. The predicted molar refractivity (Wildman–Crippen MR) is 96.9 cm³/mol. The highest BCUT2D eigenvalue weighted by Crippen LogP contribution is 2.48. The molecular formula is C18H21ClFN3O4. The number of ether oxygens (including phenoxy) is 1. The fourth-order valence-electron chi connectivity index (χ4n) is 3.10. The average molecular weight is 398 g/mol. The van der Waals surface area contributed by atoms with Crippen LogP contribution in [0.5, 0.6) is 0 Å². The van der Waals surface area contributed by atoms with Crippen LogP contribution in [0.1, 0.15) is 19.8 Å². The molecule has 1 aliphatic carbocycles. The number of benzene rings is 1. The number of nitrogens with zero attached hydrogens (tertiary/aromatic N) is 2. The molecule has 1 heterocycles. The number of rotatable bonds is 4. The van der Waals surface area contributed by atoms with Gasteiger partial charge < -0.3 is 19.9 Å². The van der Waals surface area contributed by atoms with Crippen LogP contribution in [0.25, 0.3) is 0 Å². The van der Waals surface area contributed by atoms with Crippen LogP contribution in [-0.4, -0.2) is 60.5 Å². The molecule has 7 nitrogen and oxygen atoms in total. The number of carbonyl (C=O) groups is 3. The second-order valence-electron chi connectivity index (χ2n) is 6.64. The molecule has 0 radical (unpaired) electrons. The van der Waals surface area contributed by atoms with Crippen LogP contribution >= 0.6 is 11.6 Å². The zero-order valence-electron chi connectivity index (χ0n) is 15.0. The molecule has 0 unspecified atom stereocenters. The first kappa shape index (κ1) is 19.4. The molecule has 2 fully saturated rings. The lowest BCUT2D eigenvalue weighted by Gasteiger charge is -2.35. The van der Waals surface area contributed by atoms with Crippen LogP contribution in [-0.2, 0) is 14.3 Å². The highest BCUT2D eigenvalue weighted by molar-refractivity contribution is 6.31. The standard InChI is InChI=1S/C18H21ClFN3O4/c1-2-27-17(26)23-9-7-22(8-10-23)16(25)18(5-6-18)15(24)21-12-3-4-14(20)13(19)11-12/h3-4,11H,2,5-10H2,1H3,(H,21,24). The number of hydrogen-bond acceptors (Lipinski definition) is 4. The zero-order valence-corrected chi connectivity index (χ0v) is 15.7. The van der Waals surface area contributed by atoms with Gasteiger partial charge in [-0.1, -0.05) is 11.6 Å². The van der Waals surface area contributed by atoms with E-state index in [2.05, 4.69) is 5.32 Å². The Bertz CT molecular complexity index is 761. The number of piperazine rings is 1. The molecular weight excluding hydrogens is 377 g/mol. The summed E-state index contributed by atoms with van der Waals surface area (Å²) >= 11 is 5.73. The molecule has 1 aliphatic heterocycles. The lowest BCUT2D eigenvalue weighted by molar-refractivity contribution is -0.143. The second kappa shape index (κ2) is 7.72. The fraction of sp³-hybridized carbons (Fsp3) is 0.500. The van der Waals surface area contributed by atoms with Gasteiger partial charge in [-0.05, 0) is 38.0 Å². The van der Waals surface area contributed by atoms with Crippen molar-refractivity contribution in [2.24, 2.45) is 5.41 Å². The molecule has 1 saturated heterocycles. The zero-order chi connectivity index (χ0) is 19.6. The first-order chi connectivity index (χ1) is 12.9. The Balaban J connectivity index is 1.60. The Morgan fingerprint density at radius 1 is 1.19 bits per heavy atom. The van der Waals surface area contributed by atoms with Crippen LogP contribution in [0.3, 0.4) is 0 Å². The van der Waals surface area contributed by atoms with Gasteiger partial charge in [0.05, 0.1) is 11.6 Å². The van der Waals surface area contributed by atoms with Crippen molar-refractivity contribution in [3.8, 4) is 0 Å². The summed E-state index contributed by atoms with van der Waals surface area (Å²) in [5, 5.41) is 2.56. The monoisotopic (exact) mass is 397 g/mol. The Kier molecular flexibility index (Phi) is 5.55. The Hall–Kier alpha value is -2.35. The average Bonchev–Trinajstić information content (AvgIpc) is 3.46.